The van der Waals surface area contributed by atoms with Gasteiger partial charge in [-0.2, -0.15) is 0 Å². The monoisotopic (exact) mass is 429 g/mol. The van der Waals surface area contributed by atoms with Gasteiger partial charge in [0.05, 0.1) is 11.4 Å². The first-order chi connectivity index (χ1) is 15.0. The normalized spacial score (nSPS) is 15.0. The second-order valence-corrected chi connectivity index (χ2v) is 8.11. The van der Waals surface area contributed by atoms with Gasteiger partial charge >= 0.3 is 0 Å². The van der Waals surface area contributed by atoms with Crippen molar-refractivity contribution in [2.45, 2.75) is 13.5 Å². The quantitative estimate of drug-likeness (QED) is 0.486. The molecule has 6 nitrogen and oxygen atoms in total. The molecule has 1 aliphatic heterocycles. The minimum Gasteiger partial charge on any atom is -0.335 e. The van der Waals surface area contributed by atoms with Crippen LogP contribution in [0.3, 0.4) is 0 Å². The van der Waals surface area contributed by atoms with Crippen molar-refractivity contribution < 1.29 is 14.4 Å². The molecule has 1 N–H and O–H groups in total. The Morgan fingerprint density at radius 3 is 2.65 bits per heavy atom. The van der Waals surface area contributed by atoms with E-state index in [1.165, 1.54) is 0 Å². The Morgan fingerprint density at radius 1 is 1.16 bits per heavy atom. The maximum absolute atomic E-state index is 12.8. The minimum absolute atomic E-state index is 0.275. The van der Waals surface area contributed by atoms with E-state index < -0.39 is 17.1 Å². The van der Waals surface area contributed by atoms with Crippen molar-refractivity contribution in [2.24, 2.45) is 0 Å². The Balaban J connectivity index is 1.54. The summed E-state index contributed by atoms with van der Waals surface area (Å²) in [6.07, 6.45) is 9.00. The van der Waals surface area contributed by atoms with Gasteiger partial charge in [-0.25, -0.2) is 0 Å². The predicted molar refractivity (Wildman–Crippen MR) is 123 cm³/mol. The van der Waals surface area contributed by atoms with E-state index >= 15 is 0 Å². The van der Waals surface area contributed by atoms with Gasteiger partial charge in [-0.3, -0.25) is 19.3 Å². The molecule has 0 unspecified atom stereocenters. The fourth-order valence-electron chi connectivity index (χ4n) is 3.38. The van der Waals surface area contributed by atoms with Crippen LogP contribution in [0, 0.1) is 19.3 Å². The van der Waals surface area contributed by atoms with Crippen molar-refractivity contribution >= 4 is 51.5 Å². The highest BCUT2D eigenvalue weighted by atomic mass is 32.2. The zero-order chi connectivity index (χ0) is 22.0. The van der Waals surface area contributed by atoms with Gasteiger partial charge in [-0.1, -0.05) is 41.8 Å². The molecule has 2 aromatic carbocycles. The van der Waals surface area contributed by atoms with Gasteiger partial charge in [0.25, 0.3) is 11.1 Å². The van der Waals surface area contributed by atoms with Crippen molar-refractivity contribution in [3.8, 4) is 12.3 Å². The lowest BCUT2D eigenvalue weighted by Crippen LogP contribution is -2.36. The summed E-state index contributed by atoms with van der Waals surface area (Å²) in [5, 5.41) is 3.17. The van der Waals surface area contributed by atoms with Gasteiger partial charge in [-0.05, 0) is 43.0 Å². The van der Waals surface area contributed by atoms with Gasteiger partial charge in [0, 0.05) is 28.4 Å². The van der Waals surface area contributed by atoms with Crippen molar-refractivity contribution in [2.75, 3.05) is 11.9 Å². The van der Waals surface area contributed by atoms with Gasteiger partial charge in [-0.15, -0.1) is 6.42 Å². The van der Waals surface area contributed by atoms with Crippen LogP contribution in [0.1, 0.15) is 11.1 Å². The third-order valence-electron chi connectivity index (χ3n) is 4.88. The van der Waals surface area contributed by atoms with Crippen LogP contribution >= 0.6 is 11.8 Å². The Bertz CT molecular complexity index is 1270. The SMILES string of the molecule is C#CCn1cc(C=C2SC(=O)N(CC(=O)Nc3ccc(C)cc3)C2=O)c2ccccc21. The first-order valence-electron chi connectivity index (χ1n) is 9.59. The maximum Gasteiger partial charge on any atom is 0.294 e. The number of imide groups is 1. The average Bonchev–Trinajstić information content (AvgIpc) is 3.22. The number of benzene rings is 2. The fraction of sp³-hybridized carbons (Fsp3) is 0.125. The number of terminal acetylenes is 1. The lowest BCUT2D eigenvalue weighted by molar-refractivity contribution is -0.127. The molecule has 7 heteroatoms. The number of nitrogens with one attached hydrogen (secondary N) is 1. The van der Waals surface area contributed by atoms with Crippen molar-refractivity contribution in [3.63, 3.8) is 0 Å². The molecule has 3 amide bonds. The molecule has 0 spiro atoms. The van der Waals surface area contributed by atoms with E-state index in [0.717, 1.165) is 38.7 Å². The molecule has 1 aliphatic rings. The van der Waals surface area contributed by atoms with Crippen LogP contribution in [0.5, 0.6) is 0 Å². The number of nitrogens with zero attached hydrogens (tertiary/aromatic N) is 2. The lowest BCUT2D eigenvalue weighted by Gasteiger charge is -2.12. The molecular weight excluding hydrogens is 410 g/mol. The largest absolute Gasteiger partial charge is 0.335 e. The summed E-state index contributed by atoms with van der Waals surface area (Å²) < 4.78 is 1.92. The molecule has 1 aromatic heterocycles. The molecule has 1 fully saturated rings. The number of aromatic nitrogens is 1. The van der Waals surface area contributed by atoms with Crippen LogP contribution in [0.25, 0.3) is 17.0 Å². The molecule has 1 saturated heterocycles. The van der Waals surface area contributed by atoms with Crippen LogP contribution in [0.15, 0.2) is 59.6 Å². The molecule has 4 rings (SSSR count). The second-order valence-electron chi connectivity index (χ2n) is 7.12. The summed E-state index contributed by atoms with van der Waals surface area (Å²) in [4.78, 5) is 38.8. The smallest absolute Gasteiger partial charge is 0.294 e. The Hall–Kier alpha value is -3.76. The minimum atomic E-state index is -0.483. The molecule has 3 aromatic rings. The Morgan fingerprint density at radius 2 is 1.90 bits per heavy atom. The number of amides is 3. The standard InChI is InChI=1S/C24H19N3O3S/c1-3-12-26-14-17(19-6-4-5-7-20(19)26)13-21-23(29)27(24(30)31-21)15-22(28)25-18-10-8-16(2)9-11-18/h1,4-11,13-14H,12,15H2,2H3,(H,25,28). The predicted octanol–water partition coefficient (Wildman–Crippen LogP) is 4.26. The average molecular weight is 430 g/mol. The van der Waals surface area contributed by atoms with Crippen LogP contribution in [-0.4, -0.2) is 33.1 Å². The summed E-state index contributed by atoms with van der Waals surface area (Å²) in [7, 11) is 0. The molecule has 0 saturated carbocycles. The number of hydrogen-bond donors (Lipinski definition) is 1. The molecule has 31 heavy (non-hydrogen) atoms. The Kier molecular flexibility index (Phi) is 5.65. The van der Waals surface area contributed by atoms with E-state index in [1.54, 1.807) is 18.2 Å². The molecule has 0 aliphatic carbocycles. The van der Waals surface area contributed by atoms with E-state index in [-0.39, 0.29) is 11.4 Å². The van der Waals surface area contributed by atoms with Crippen molar-refractivity contribution in [3.05, 3.63) is 70.8 Å². The maximum atomic E-state index is 12.8. The highest BCUT2D eigenvalue weighted by Gasteiger charge is 2.36. The molecule has 2 heterocycles. The number of anilines is 1. The van der Waals surface area contributed by atoms with Crippen LogP contribution in [-0.2, 0) is 16.1 Å². The molecule has 0 radical (unpaired) electrons. The molecular formula is C24H19N3O3S. The van der Waals surface area contributed by atoms with Gasteiger partial charge in [0.2, 0.25) is 5.91 Å². The fourth-order valence-corrected chi connectivity index (χ4v) is 4.21. The summed E-state index contributed by atoms with van der Waals surface area (Å²) in [6, 6.07) is 15.0. The van der Waals surface area contributed by atoms with E-state index in [9.17, 15) is 14.4 Å². The zero-order valence-electron chi connectivity index (χ0n) is 16.8. The summed E-state index contributed by atoms with van der Waals surface area (Å²) in [5.41, 5.74) is 3.42. The van der Waals surface area contributed by atoms with Crippen molar-refractivity contribution in [1.82, 2.24) is 9.47 Å². The van der Waals surface area contributed by atoms with E-state index in [1.807, 2.05) is 54.1 Å². The number of hydrogen-bond acceptors (Lipinski definition) is 4. The van der Waals surface area contributed by atoms with Gasteiger partial charge < -0.3 is 9.88 Å². The number of aryl methyl sites for hydroxylation is 1. The number of rotatable bonds is 5. The van der Waals surface area contributed by atoms with Gasteiger partial charge in [0.15, 0.2) is 0 Å². The Labute approximate surface area is 183 Å². The summed E-state index contributed by atoms with van der Waals surface area (Å²) in [5.74, 6) is 1.70. The van der Waals surface area contributed by atoms with E-state index in [2.05, 4.69) is 11.2 Å². The third kappa shape index (κ3) is 4.25. The number of carbonyl (C=O) groups is 3. The highest BCUT2D eigenvalue weighted by Crippen LogP contribution is 2.34. The summed E-state index contributed by atoms with van der Waals surface area (Å²) >= 11 is 0.827. The van der Waals surface area contributed by atoms with Crippen LogP contribution in [0.4, 0.5) is 10.5 Å². The zero-order valence-corrected chi connectivity index (χ0v) is 17.6. The topological polar surface area (TPSA) is 71.4 Å². The van der Waals surface area contributed by atoms with Gasteiger partial charge in [0.1, 0.15) is 6.54 Å². The first-order valence-corrected chi connectivity index (χ1v) is 10.4. The van der Waals surface area contributed by atoms with E-state index in [0.29, 0.717) is 12.2 Å². The number of carbonyl (C=O) groups excluding carboxylic acids is 3. The molecule has 154 valence electrons. The lowest BCUT2D eigenvalue weighted by atomic mass is 10.1. The molecule has 0 bridgehead atoms. The van der Waals surface area contributed by atoms with Crippen LogP contribution in [0.2, 0.25) is 0 Å². The first kappa shape index (κ1) is 20.5. The van der Waals surface area contributed by atoms with Crippen molar-refractivity contribution in [1.29, 1.82) is 0 Å². The van der Waals surface area contributed by atoms with Crippen LogP contribution < -0.4 is 5.32 Å². The highest BCUT2D eigenvalue weighted by molar-refractivity contribution is 8.18. The number of thioether (sulfide) groups is 1. The molecule has 0 atom stereocenters. The summed E-state index contributed by atoms with van der Waals surface area (Å²) in [6.45, 7) is 2.01. The second kappa shape index (κ2) is 8.54. The third-order valence-corrected chi connectivity index (χ3v) is 5.79. The number of para-hydroxylation sites is 1. The van der Waals surface area contributed by atoms with E-state index in [4.69, 9.17) is 6.42 Å². The number of fused-ring (bicyclic) bond motifs is 1.